The average Bonchev–Trinajstić information content (AvgIpc) is 2.94. The molecule has 1 unspecified atom stereocenters. The Labute approximate surface area is 117 Å². The largest absolute Gasteiger partial charge is 0.463 e. The molecule has 3 nitrogen and oxygen atoms in total. The molecule has 1 aromatic heterocycles. The van der Waals surface area contributed by atoms with E-state index in [0.29, 0.717) is 0 Å². The normalized spacial score (nSPS) is 20.6. The van der Waals surface area contributed by atoms with Crippen molar-refractivity contribution in [3.8, 4) is 0 Å². The van der Waals surface area contributed by atoms with E-state index in [1.54, 1.807) is 0 Å². The van der Waals surface area contributed by atoms with Crippen LogP contribution in [0.3, 0.4) is 0 Å². The zero-order valence-electron chi connectivity index (χ0n) is 12.8. The predicted octanol–water partition coefficient (Wildman–Crippen LogP) is 3.32. The van der Waals surface area contributed by atoms with Crippen LogP contribution in [0.15, 0.2) is 10.5 Å². The van der Waals surface area contributed by atoms with Gasteiger partial charge in [-0.15, -0.1) is 0 Å². The minimum atomic E-state index is 0.725. The molecule has 108 valence electrons. The van der Waals surface area contributed by atoms with E-state index in [-0.39, 0.29) is 0 Å². The van der Waals surface area contributed by atoms with Gasteiger partial charge in [-0.1, -0.05) is 20.8 Å². The van der Waals surface area contributed by atoms with Crippen molar-refractivity contribution in [2.24, 2.45) is 5.92 Å². The van der Waals surface area contributed by atoms with Gasteiger partial charge in [-0.2, -0.15) is 0 Å². The number of likely N-dealkylation sites (tertiary alicyclic amines) is 1. The summed E-state index contributed by atoms with van der Waals surface area (Å²) >= 11 is 0. The maximum absolute atomic E-state index is 6.00. The molecule has 0 spiro atoms. The minimum absolute atomic E-state index is 0.725. The maximum Gasteiger partial charge on any atom is 0.120 e. The molecule has 0 aromatic carbocycles. The van der Waals surface area contributed by atoms with Gasteiger partial charge in [0.2, 0.25) is 0 Å². The van der Waals surface area contributed by atoms with Gasteiger partial charge in [0, 0.05) is 6.04 Å². The highest BCUT2D eigenvalue weighted by Crippen LogP contribution is 2.26. The third-order valence-corrected chi connectivity index (χ3v) is 4.15. The molecule has 1 atom stereocenters. The smallest absolute Gasteiger partial charge is 0.120 e. The lowest BCUT2D eigenvalue weighted by Gasteiger charge is -2.26. The van der Waals surface area contributed by atoms with Crippen LogP contribution in [-0.4, -0.2) is 24.0 Å². The van der Waals surface area contributed by atoms with Crippen LogP contribution in [-0.2, 0) is 13.1 Å². The Hall–Kier alpha value is -0.800. The number of aryl methyl sites for hydroxylation is 1. The second kappa shape index (κ2) is 6.58. The predicted molar refractivity (Wildman–Crippen MR) is 79.1 cm³/mol. The van der Waals surface area contributed by atoms with Gasteiger partial charge in [0.1, 0.15) is 11.5 Å². The van der Waals surface area contributed by atoms with E-state index in [9.17, 15) is 0 Å². The van der Waals surface area contributed by atoms with Crippen molar-refractivity contribution < 1.29 is 4.42 Å². The lowest BCUT2D eigenvalue weighted by atomic mass is 10.0. The first kappa shape index (κ1) is 14.6. The molecule has 3 heteroatoms. The van der Waals surface area contributed by atoms with Crippen molar-refractivity contribution in [1.29, 1.82) is 0 Å². The molecular weight excluding hydrogens is 236 g/mol. The highest BCUT2D eigenvalue weighted by molar-refractivity contribution is 5.20. The number of rotatable bonds is 6. The number of nitrogens with zero attached hydrogens (tertiary/aromatic N) is 1. The average molecular weight is 264 g/mol. The Kier molecular flexibility index (Phi) is 5.06. The van der Waals surface area contributed by atoms with E-state index in [0.717, 1.165) is 43.1 Å². The van der Waals surface area contributed by atoms with Gasteiger partial charge in [-0.3, -0.25) is 4.90 Å². The van der Waals surface area contributed by atoms with E-state index in [1.807, 2.05) is 0 Å². The second-order valence-electron chi connectivity index (χ2n) is 6.02. The second-order valence-corrected chi connectivity index (χ2v) is 6.02. The third-order valence-electron chi connectivity index (χ3n) is 4.15. The first-order valence-corrected chi connectivity index (χ1v) is 7.64. The van der Waals surface area contributed by atoms with Crippen LogP contribution in [0.4, 0.5) is 0 Å². The SMILES string of the molecule is CCNCc1oc(CN2CCCC2C(C)C)cc1C. The summed E-state index contributed by atoms with van der Waals surface area (Å²) in [6, 6.07) is 2.94. The Balaban J connectivity index is 1.99. The molecule has 19 heavy (non-hydrogen) atoms. The molecule has 0 saturated carbocycles. The number of hydrogen-bond acceptors (Lipinski definition) is 3. The standard InChI is InChI=1S/C16H28N2O/c1-5-17-10-16-13(4)9-14(19-16)11-18-8-6-7-15(18)12(2)3/h9,12,15,17H,5-8,10-11H2,1-4H3. The quantitative estimate of drug-likeness (QED) is 0.854. The van der Waals surface area contributed by atoms with Gasteiger partial charge in [0.25, 0.3) is 0 Å². The van der Waals surface area contributed by atoms with Crippen LogP contribution >= 0.6 is 0 Å². The molecule has 0 radical (unpaired) electrons. The molecule has 1 fully saturated rings. The summed E-state index contributed by atoms with van der Waals surface area (Å²) in [5.74, 6) is 2.95. The van der Waals surface area contributed by atoms with E-state index >= 15 is 0 Å². The first-order chi connectivity index (χ1) is 9.11. The fourth-order valence-electron chi connectivity index (χ4n) is 3.09. The Bertz CT molecular complexity index is 397. The fourth-order valence-corrected chi connectivity index (χ4v) is 3.09. The molecule has 1 aromatic rings. The van der Waals surface area contributed by atoms with Crippen LogP contribution in [0.2, 0.25) is 0 Å². The first-order valence-electron chi connectivity index (χ1n) is 7.64. The molecule has 1 aliphatic rings. The third kappa shape index (κ3) is 3.61. The lowest BCUT2D eigenvalue weighted by molar-refractivity contribution is 0.184. The Morgan fingerprint density at radius 2 is 2.26 bits per heavy atom. The van der Waals surface area contributed by atoms with E-state index < -0.39 is 0 Å². The monoisotopic (exact) mass is 264 g/mol. The van der Waals surface area contributed by atoms with Gasteiger partial charge >= 0.3 is 0 Å². The molecule has 2 rings (SSSR count). The Morgan fingerprint density at radius 1 is 1.47 bits per heavy atom. The van der Waals surface area contributed by atoms with Crippen LogP contribution < -0.4 is 5.32 Å². The summed E-state index contributed by atoms with van der Waals surface area (Å²) in [4.78, 5) is 2.58. The summed E-state index contributed by atoms with van der Waals surface area (Å²) in [6.07, 6.45) is 2.66. The van der Waals surface area contributed by atoms with Crippen molar-refractivity contribution in [3.63, 3.8) is 0 Å². The minimum Gasteiger partial charge on any atom is -0.463 e. The number of nitrogens with one attached hydrogen (secondary N) is 1. The van der Waals surface area contributed by atoms with Crippen LogP contribution in [0.25, 0.3) is 0 Å². The molecule has 0 aliphatic carbocycles. The van der Waals surface area contributed by atoms with Crippen LogP contribution in [0.5, 0.6) is 0 Å². The molecule has 0 bridgehead atoms. The summed E-state index contributed by atoms with van der Waals surface area (Å²) in [5, 5.41) is 3.33. The highest BCUT2D eigenvalue weighted by atomic mass is 16.3. The zero-order chi connectivity index (χ0) is 13.8. The lowest BCUT2D eigenvalue weighted by Crippen LogP contribution is -2.32. The summed E-state index contributed by atoms with van der Waals surface area (Å²) in [6.45, 7) is 12.9. The fraction of sp³-hybridized carbons (Fsp3) is 0.750. The van der Waals surface area contributed by atoms with Crippen molar-refractivity contribution >= 4 is 0 Å². The van der Waals surface area contributed by atoms with Crippen molar-refractivity contribution in [2.45, 2.75) is 59.7 Å². The number of hydrogen-bond donors (Lipinski definition) is 1. The van der Waals surface area contributed by atoms with Crippen molar-refractivity contribution in [2.75, 3.05) is 13.1 Å². The molecule has 0 amide bonds. The van der Waals surface area contributed by atoms with E-state index in [2.05, 4.69) is 44.0 Å². The van der Waals surface area contributed by atoms with Gasteiger partial charge < -0.3 is 9.73 Å². The van der Waals surface area contributed by atoms with Crippen LogP contribution in [0.1, 0.15) is 50.7 Å². The zero-order valence-corrected chi connectivity index (χ0v) is 12.8. The van der Waals surface area contributed by atoms with Crippen molar-refractivity contribution in [1.82, 2.24) is 10.2 Å². The topological polar surface area (TPSA) is 28.4 Å². The molecule has 1 aliphatic heterocycles. The molecule has 2 heterocycles. The Morgan fingerprint density at radius 3 is 2.95 bits per heavy atom. The summed E-state index contributed by atoms with van der Waals surface area (Å²) in [7, 11) is 0. The van der Waals surface area contributed by atoms with Gasteiger partial charge in [0.05, 0.1) is 13.1 Å². The van der Waals surface area contributed by atoms with Crippen molar-refractivity contribution in [3.05, 3.63) is 23.2 Å². The maximum atomic E-state index is 6.00. The van der Waals surface area contributed by atoms with Gasteiger partial charge in [-0.05, 0) is 50.4 Å². The van der Waals surface area contributed by atoms with E-state index in [4.69, 9.17) is 4.42 Å². The highest BCUT2D eigenvalue weighted by Gasteiger charge is 2.27. The molecular formula is C16H28N2O. The summed E-state index contributed by atoms with van der Waals surface area (Å²) < 4.78 is 6.00. The molecule has 1 N–H and O–H groups in total. The summed E-state index contributed by atoms with van der Waals surface area (Å²) in [5.41, 5.74) is 1.27. The van der Waals surface area contributed by atoms with Gasteiger partial charge in [0.15, 0.2) is 0 Å². The van der Waals surface area contributed by atoms with Gasteiger partial charge in [-0.25, -0.2) is 0 Å². The molecule has 1 saturated heterocycles. The van der Waals surface area contributed by atoms with E-state index in [1.165, 1.54) is 24.9 Å². The van der Waals surface area contributed by atoms with Crippen LogP contribution in [0, 0.1) is 12.8 Å². The number of furan rings is 1.